The van der Waals surface area contributed by atoms with Gasteiger partial charge in [0.1, 0.15) is 34.1 Å². The molecule has 2 aromatic carbocycles. The highest BCUT2D eigenvalue weighted by molar-refractivity contribution is 7.92. The summed E-state index contributed by atoms with van der Waals surface area (Å²) in [6.45, 7) is 1.84. The number of fused-ring (bicyclic) bond motifs is 2. The maximum absolute atomic E-state index is 13.9. The molecule has 7 nitrogen and oxygen atoms in total. The van der Waals surface area contributed by atoms with Crippen molar-refractivity contribution in [2.24, 2.45) is 0 Å². The van der Waals surface area contributed by atoms with Crippen molar-refractivity contribution in [3.05, 3.63) is 47.3 Å². The molecule has 34 heavy (non-hydrogen) atoms. The number of ether oxygens (including phenoxy) is 2. The lowest BCUT2D eigenvalue weighted by Crippen LogP contribution is -2.39. The van der Waals surface area contributed by atoms with Crippen LogP contribution in [0, 0.1) is 5.82 Å². The van der Waals surface area contributed by atoms with Crippen LogP contribution >= 0.6 is 0 Å². The summed E-state index contributed by atoms with van der Waals surface area (Å²) in [7, 11) is -0.748. The van der Waals surface area contributed by atoms with Crippen LogP contribution in [0.2, 0.25) is 0 Å². The Kier molecular flexibility index (Phi) is 5.80. The molecule has 0 amide bonds. The van der Waals surface area contributed by atoms with E-state index in [1.807, 2.05) is 0 Å². The van der Waals surface area contributed by atoms with Crippen LogP contribution < -0.4 is 14.2 Å². The van der Waals surface area contributed by atoms with Crippen molar-refractivity contribution in [3.63, 3.8) is 0 Å². The van der Waals surface area contributed by atoms with Crippen LogP contribution in [-0.4, -0.2) is 52.5 Å². The number of methoxy groups -OCH3 is 1. The Hall–Kier alpha value is -2.65. The van der Waals surface area contributed by atoms with Crippen LogP contribution in [-0.2, 0) is 26.7 Å². The van der Waals surface area contributed by atoms with Crippen LogP contribution in [0.3, 0.4) is 0 Å². The third-order valence-corrected chi connectivity index (χ3v) is 8.83. The molecule has 0 atom stereocenters. The monoisotopic (exact) mass is 488 g/mol. The number of piperidine rings is 1. The first kappa shape index (κ1) is 23.1. The number of carbonyl (C=O) groups excluding carboxylic acids is 1. The molecule has 2 aliphatic carbocycles. The van der Waals surface area contributed by atoms with Crippen molar-refractivity contribution in [2.75, 3.05) is 32.0 Å². The Bertz CT molecular complexity index is 1230. The summed E-state index contributed by atoms with van der Waals surface area (Å²) < 4.78 is 54.4. The molecule has 1 saturated heterocycles. The predicted octanol–water partition coefficient (Wildman–Crippen LogP) is 3.66. The Morgan fingerprint density at radius 2 is 1.85 bits per heavy atom. The fourth-order valence-corrected chi connectivity index (χ4v) is 6.55. The summed E-state index contributed by atoms with van der Waals surface area (Å²) in [5.41, 5.74) is 1.49. The minimum absolute atomic E-state index is 0.00325. The number of rotatable bonds is 6. The third-order valence-electron chi connectivity index (χ3n) is 7.43. The lowest BCUT2D eigenvalue weighted by Gasteiger charge is -2.38. The molecular weight excluding hydrogens is 459 g/mol. The van der Waals surface area contributed by atoms with Crippen molar-refractivity contribution in [1.82, 2.24) is 4.90 Å². The summed E-state index contributed by atoms with van der Waals surface area (Å²) in [6.07, 6.45) is 4.53. The van der Waals surface area contributed by atoms with E-state index >= 15 is 0 Å². The second-order valence-corrected chi connectivity index (χ2v) is 11.2. The number of sulfonamides is 1. The Morgan fingerprint density at radius 1 is 1.12 bits per heavy atom. The number of likely N-dealkylation sites (tertiary alicyclic amines) is 1. The van der Waals surface area contributed by atoms with Gasteiger partial charge in [-0.25, -0.2) is 12.8 Å². The zero-order valence-corrected chi connectivity index (χ0v) is 20.2. The smallest absolute Gasteiger partial charge is 0.265 e. The number of ketones is 1. The minimum Gasteiger partial charge on any atom is -0.495 e. The van der Waals surface area contributed by atoms with Crippen LogP contribution in [0.25, 0.3) is 0 Å². The van der Waals surface area contributed by atoms with E-state index in [2.05, 4.69) is 16.7 Å². The van der Waals surface area contributed by atoms with Gasteiger partial charge in [-0.2, -0.15) is 0 Å². The number of hydrogen-bond acceptors (Lipinski definition) is 6. The number of Topliss-reactive ketones (excluding diaryl/α,β-unsaturated/α-hetero) is 1. The van der Waals surface area contributed by atoms with Gasteiger partial charge < -0.3 is 14.4 Å². The summed E-state index contributed by atoms with van der Waals surface area (Å²) >= 11 is 0. The van der Waals surface area contributed by atoms with Crippen molar-refractivity contribution in [2.45, 2.75) is 54.9 Å². The summed E-state index contributed by atoms with van der Waals surface area (Å²) in [5, 5.41) is 0. The van der Waals surface area contributed by atoms with E-state index in [0.29, 0.717) is 17.9 Å². The molecule has 5 rings (SSSR count). The van der Waals surface area contributed by atoms with Gasteiger partial charge in [-0.1, -0.05) is 6.42 Å². The molecule has 3 aliphatic rings. The minimum atomic E-state index is -4.15. The van der Waals surface area contributed by atoms with E-state index in [4.69, 9.17) is 9.47 Å². The highest BCUT2D eigenvalue weighted by atomic mass is 32.2. The molecule has 1 saturated carbocycles. The molecule has 9 heteroatoms. The van der Waals surface area contributed by atoms with Crippen LogP contribution in [0.4, 0.5) is 10.1 Å². The second-order valence-electron chi connectivity index (χ2n) is 9.56. The summed E-state index contributed by atoms with van der Waals surface area (Å²) in [4.78, 5) is 15.0. The van der Waals surface area contributed by atoms with Crippen LogP contribution in [0.5, 0.6) is 11.5 Å². The number of halogens is 1. The van der Waals surface area contributed by atoms with Crippen LogP contribution in [0.1, 0.15) is 43.2 Å². The first-order valence-corrected chi connectivity index (χ1v) is 13.1. The van der Waals surface area contributed by atoms with Gasteiger partial charge in [-0.05, 0) is 62.6 Å². The molecule has 1 spiro atoms. The van der Waals surface area contributed by atoms with Gasteiger partial charge in [0.05, 0.1) is 18.2 Å². The van der Waals surface area contributed by atoms with Crippen LogP contribution in [0.15, 0.2) is 35.2 Å². The quantitative estimate of drug-likeness (QED) is 0.668. The highest BCUT2D eigenvalue weighted by Gasteiger charge is 2.51. The van der Waals surface area contributed by atoms with E-state index in [0.717, 1.165) is 68.5 Å². The zero-order valence-electron chi connectivity index (χ0n) is 19.4. The van der Waals surface area contributed by atoms with E-state index < -0.39 is 21.3 Å². The maximum Gasteiger partial charge on any atom is 0.265 e. The van der Waals surface area contributed by atoms with Gasteiger partial charge in [-0.15, -0.1) is 0 Å². The molecule has 0 unspecified atom stereocenters. The average Bonchev–Trinajstić information content (AvgIpc) is 3.07. The SMILES string of the molecule is COc1ccc(F)cc1S(=O)(=O)Nc1cc(OC2CCN(C)CC2)c2c(c1)C1(CCC1)C(=O)C2. The number of carbonyl (C=O) groups is 1. The topological polar surface area (TPSA) is 84.9 Å². The maximum atomic E-state index is 13.9. The Morgan fingerprint density at radius 3 is 2.50 bits per heavy atom. The van der Waals surface area contributed by atoms with Gasteiger partial charge in [0, 0.05) is 31.1 Å². The Balaban J connectivity index is 1.53. The van der Waals surface area contributed by atoms with Gasteiger partial charge in [0.15, 0.2) is 0 Å². The van der Waals surface area contributed by atoms with Gasteiger partial charge >= 0.3 is 0 Å². The van der Waals surface area contributed by atoms with Gasteiger partial charge in [0.25, 0.3) is 10.0 Å². The fourth-order valence-electron chi connectivity index (χ4n) is 5.33. The molecular formula is C25H29FN2O5S. The van der Waals surface area contributed by atoms with E-state index in [-0.39, 0.29) is 22.5 Å². The molecule has 2 aromatic rings. The van der Waals surface area contributed by atoms with Crippen molar-refractivity contribution in [1.29, 1.82) is 0 Å². The van der Waals surface area contributed by atoms with Gasteiger partial charge in [0.2, 0.25) is 0 Å². The van der Waals surface area contributed by atoms with E-state index in [1.165, 1.54) is 13.2 Å². The second kappa shape index (κ2) is 8.53. The summed E-state index contributed by atoms with van der Waals surface area (Å²) in [6, 6.07) is 6.77. The molecule has 0 bridgehead atoms. The Labute approximate surface area is 199 Å². The standard InChI is InChI=1S/C25H29FN2O5S/c1-28-10-6-18(7-11-28)33-22-14-17(13-20-19(22)15-24(29)25(20)8-3-9-25)27-34(30,31)23-12-16(26)4-5-21(23)32-2/h4-5,12-14,18,27H,3,6-11,15H2,1-2H3. The molecule has 1 aliphatic heterocycles. The normalized spacial score (nSPS) is 20.1. The first-order valence-electron chi connectivity index (χ1n) is 11.6. The molecule has 182 valence electrons. The van der Waals surface area contributed by atoms with E-state index in [9.17, 15) is 17.6 Å². The number of hydrogen-bond donors (Lipinski definition) is 1. The lowest BCUT2D eigenvalue weighted by molar-refractivity contribution is -0.125. The molecule has 0 aromatic heterocycles. The number of anilines is 1. The molecule has 1 N–H and O–H groups in total. The van der Waals surface area contributed by atoms with Crippen molar-refractivity contribution < 1.29 is 27.1 Å². The first-order chi connectivity index (χ1) is 16.2. The van der Waals surface area contributed by atoms with Crippen molar-refractivity contribution >= 4 is 21.5 Å². The predicted molar refractivity (Wildman–Crippen MR) is 126 cm³/mol. The largest absolute Gasteiger partial charge is 0.495 e. The van der Waals surface area contributed by atoms with Gasteiger partial charge in [-0.3, -0.25) is 9.52 Å². The molecule has 0 radical (unpaired) electrons. The summed E-state index contributed by atoms with van der Waals surface area (Å²) in [5.74, 6) is 0.103. The zero-order chi connectivity index (χ0) is 24.1. The van der Waals surface area contributed by atoms with Crippen molar-refractivity contribution in [3.8, 4) is 11.5 Å². The number of nitrogens with zero attached hydrogens (tertiary/aromatic N) is 1. The average molecular weight is 489 g/mol. The number of benzene rings is 2. The third kappa shape index (κ3) is 3.94. The highest BCUT2D eigenvalue weighted by Crippen LogP contribution is 2.53. The fraction of sp³-hybridized carbons (Fsp3) is 0.480. The number of nitrogens with one attached hydrogen (secondary N) is 1. The molecule has 2 fully saturated rings. The van der Waals surface area contributed by atoms with E-state index in [1.54, 1.807) is 12.1 Å². The lowest BCUT2D eigenvalue weighted by atomic mass is 9.64. The molecule has 1 heterocycles.